The summed E-state index contributed by atoms with van der Waals surface area (Å²) >= 11 is 0. The number of benzene rings is 1. The zero-order valence-corrected chi connectivity index (χ0v) is 10.6. The molecule has 0 aliphatic carbocycles. The zero-order valence-electron chi connectivity index (χ0n) is 10.6. The second-order valence-electron chi connectivity index (χ2n) is 4.49. The number of anilines is 2. The highest BCUT2D eigenvalue weighted by Crippen LogP contribution is 2.22. The third-order valence-electron chi connectivity index (χ3n) is 3.17. The van der Waals surface area contributed by atoms with E-state index in [4.69, 9.17) is 10.5 Å². The van der Waals surface area contributed by atoms with Gasteiger partial charge in [0.1, 0.15) is 12.1 Å². The molecule has 19 heavy (non-hydrogen) atoms. The van der Waals surface area contributed by atoms with Crippen molar-refractivity contribution in [1.82, 2.24) is 9.97 Å². The molecule has 1 saturated heterocycles. The molecular weight excluding hydrogens is 240 g/mol. The number of morpholine rings is 1. The lowest BCUT2D eigenvalue weighted by atomic mass is 10.1. The fraction of sp³-hybridized carbons (Fsp3) is 0.286. The first-order valence-corrected chi connectivity index (χ1v) is 6.33. The largest absolute Gasteiger partial charge is 0.399 e. The molecule has 0 unspecified atom stereocenters. The summed E-state index contributed by atoms with van der Waals surface area (Å²) in [7, 11) is 0. The number of nitrogen functional groups attached to an aromatic ring is 1. The van der Waals surface area contributed by atoms with E-state index in [1.807, 2.05) is 30.3 Å². The molecule has 2 heterocycles. The number of aromatic nitrogens is 2. The molecule has 0 bridgehead atoms. The minimum absolute atomic E-state index is 0.740. The van der Waals surface area contributed by atoms with Crippen molar-refractivity contribution in [2.45, 2.75) is 0 Å². The molecule has 0 spiro atoms. The van der Waals surface area contributed by atoms with Crippen molar-refractivity contribution >= 4 is 11.5 Å². The van der Waals surface area contributed by atoms with E-state index < -0.39 is 0 Å². The van der Waals surface area contributed by atoms with Crippen LogP contribution in [0.4, 0.5) is 11.5 Å². The van der Waals surface area contributed by atoms with Gasteiger partial charge in [0.15, 0.2) is 0 Å². The average Bonchev–Trinajstić information content (AvgIpc) is 2.48. The van der Waals surface area contributed by atoms with E-state index in [9.17, 15) is 0 Å². The molecule has 0 saturated carbocycles. The SMILES string of the molecule is Nc1cccc(-c2cc(N3CCOCC3)ncn2)c1. The molecule has 2 N–H and O–H groups in total. The molecule has 2 aromatic rings. The normalized spacial score (nSPS) is 15.5. The number of hydrogen-bond acceptors (Lipinski definition) is 5. The Morgan fingerprint density at radius 2 is 1.95 bits per heavy atom. The van der Waals surface area contributed by atoms with E-state index in [0.717, 1.165) is 49.1 Å². The monoisotopic (exact) mass is 256 g/mol. The van der Waals surface area contributed by atoms with Crippen LogP contribution in [-0.4, -0.2) is 36.3 Å². The average molecular weight is 256 g/mol. The maximum Gasteiger partial charge on any atom is 0.132 e. The molecule has 5 nitrogen and oxygen atoms in total. The lowest BCUT2D eigenvalue weighted by Crippen LogP contribution is -2.36. The predicted molar refractivity (Wildman–Crippen MR) is 74.9 cm³/mol. The Bertz CT molecular complexity index is 567. The van der Waals surface area contributed by atoms with E-state index in [1.165, 1.54) is 0 Å². The van der Waals surface area contributed by atoms with Crippen molar-refractivity contribution in [2.75, 3.05) is 36.9 Å². The minimum atomic E-state index is 0.740. The van der Waals surface area contributed by atoms with Crippen molar-refractivity contribution < 1.29 is 4.74 Å². The summed E-state index contributed by atoms with van der Waals surface area (Å²) < 4.78 is 5.35. The Kier molecular flexibility index (Phi) is 3.29. The second-order valence-corrected chi connectivity index (χ2v) is 4.49. The van der Waals surface area contributed by atoms with Crippen LogP contribution in [0.2, 0.25) is 0 Å². The van der Waals surface area contributed by atoms with Crippen molar-refractivity contribution in [3.05, 3.63) is 36.7 Å². The van der Waals surface area contributed by atoms with Gasteiger partial charge >= 0.3 is 0 Å². The van der Waals surface area contributed by atoms with Crippen molar-refractivity contribution in [1.29, 1.82) is 0 Å². The first-order chi connectivity index (χ1) is 9.33. The topological polar surface area (TPSA) is 64.3 Å². The van der Waals surface area contributed by atoms with Gasteiger partial charge in [-0.25, -0.2) is 9.97 Å². The van der Waals surface area contributed by atoms with E-state index in [2.05, 4.69) is 14.9 Å². The smallest absolute Gasteiger partial charge is 0.132 e. The van der Waals surface area contributed by atoms with Crippen LogP contribution >= 0.6 is 0 Å². The summed E-state index contributed by atoms with van der Waals surface area (Å²) in [4.78, 5) is 10.9. The third-order valence-corrected chi connectivity index (χ3v) is 3.17. The van der Waals surface area contributed by atoms with E-state index >= 15 is 0 Å². The molecule has 5 heteroatoms. The molecule has 0 radical (unpaired) electrons. The predicted octanol–water partition coefficient (Wildman–Crippen LogP) is 1.56. The maximum absolute atomic E-state index is 5.81. The van der Waals surface area contributed by atoms with Crippen molar-refractivity contribution in [2.24, 2.45) is 0 Å². The van der Waals surface area contributed by atoms with E-state index in [1.54, 1.807) is 6.33 Å². The van der Waals surface area contributed by atoms with Gasteiger partial charge in [0.05, 0.1) is 18.9 Å². The van der Waals surface area contributed by atoms with Gasteiger partial charge in [-0.15, -0.1) is 0 Å². The molecule has 1 fully saturated rings. The summed E-state index contributed by atoms with van der Waals surface area (Å²) in [6.07, 6.45) is 1.60. The first kappa shape index (κ1) is 11.9. The second kappa shape index (κ2) is 5.24. The maximum atomic E-state index is 5.81. The molecule has 1 aliphatic heterocycles. The van der Waals surface area contributed by atoms with Crippen molar-refractivity contribution in [3.8, 4) is 11.3 Å². The highest BCUT2D eigenvalue weighted by molar-refractivity contribution is 5.66. The van der Waals surface area contributed by atoms with Crippen LogP contribution < -0.4 is 10.6 Å². The Morgan fingerprint density at radius 3 is 2.74 bits per heavy atom. The number of ether oxygens (including phenoxy) is 1. The van der Waals surface area contributed by atoms with Crippen LogP contribution in [0.15, 0.2) is 36.7 Å². The number of rotatable bonds is 2. The third kappa shape index (κ3) is 2.66. The molecular formula is C14H16N4O. The summed E-state index contributed by atoms with van der Waals surface area (Å²) in [5, 5.41) is 0. The summed E-state index contributed by atoms with van der Waals surface area (Å²) in [6.45, 7) is 3.23. The zero-order chi connectivity index (χ0) is 13.1. The summed E-state index contributed by atoms with van der Waals surface area (Å²) in [5.41, 5.74) is 8.45. The van der Waals surface area contributed by atoms with E-state index in [-0.39, 0.29) is 0 Å². The molecule has 1 aromatic carbocycles. The Morgan fingerprint density at radius 1 is 1.11 bits per heavy atom. The van der Waals surface area contributed by atoms with Gasteiger partial charge < -0.3 is 15.4 Å². The Labute approximate surface area is 112 Å². The highest BCUT2D eigenvalue weighted by atomic mass is 16.5. The van der Waals surface area contributed by atoms with Gasteiger partial charge in [0, 0.05) is 30.4 Å². The first-order valence-electron chi connectivity index (χ1n) is 6.33. The van der Waals surface area contributed by atoms with Crippen molar-refractivity contribution in [3.63, 3.8) is 0 Å². The Hall–Kier alpha value is -2.14. The lowest BCUT2D eigenvalue weighted by Gasteiger charge is -2.27. The summed E-state index contributed by atoms with van der Waals surface area (Å²) in [6, 6.07) is 9.72. The molecule has 1 aliphatic rings. The standard InChI is InChI=1S/C14H16N4O/c15-12-3-1-2-11(8-12)13-9-14(17-10-16-13)18-4-6-19-7-5-18/h1-3,8-10H,4-7,15H2. The number of nitrogens with zero attached hydrogens (tertiary/aromatic N) is 3. The highest BCUT2D eigenvalue weighted by Gasteiger charge is 2.13. The van der Waals surface area contributed by atoms with Crippen LogP contribution in [0.1, 0.15) is 0 Å². The number of hydrogen-bond donors (Lipinski definition) is 1. The summed E-state index contributed by atoms with van der Waals surface area (Å²) in [5.74, 6) is 0.940. The lowest BCUT2D eigenvalue weighted by molar-refractivity contribution is 0.122. The van der Waals surface area contributed by atoms with Gasteiger partial charge in [-0.05, 0) is 12.1 Å². The Balaban J connectivity index is 1.91. The molecule has 98 valence electrons. The number of nitrogens with two attached hydrogens (primary N) is 1. The fourth-order valence-electron chi connectivity index (χ4n) is 2.17. The molecule has 0 amide bonds. The van der Waals surface area contributed by atoms with Gasteiger partial charge in [-0.1, -0.05) is 12.1 Å². The van der Waals surface area contributed by atoms with Gasteiger partial charge in [0.2, 0.25) is 0 Å². The quantitative estimate of drug-likeness (QED) is 0.826. The molecule has 0 atom stereocenters. The molecule has 3 rings (SSSR count). The van der Waals surface area contributed by atoms with Crippen LogP contribution in [0.3, 0.4) is 0 Å². The van der Waals surface area contributed by atoms with Crippen LogP contribution in [0, 0.1) is 0 Å². The van der Waals surface area contributed by atoms with Crippen LogP contribution in [0.5, 0.6) is 0 Å². The van der Waals surface area contributed by atoms with Gasteiger partial charge in [-0.2, -0.15) is 0 Å². The van der Waals surface area contributed by atoms with Gasteiger partial charge in [-0.3, -0.25) is 0 Å². The fourth-order valence-corrected chi connectivity index (χ4v) is 2.17. The van der Waals surface area contributed by atoms with E-state index in [0.29, 0.717) is 0 Å². The molecule has 1 aromatic heterocycles. The van der Waals surface area contributed by atoms with Crippen LogP contribution in [0.25, 0.3) is 11.3 Å². The van der Waals surface area contributed by atoms with Gasteiger partial charge in [0.25, 0.3) is 0 Å². The van der Waals surface area contributed by atoms with Crippen LogP contribution in [-0.2, 0) is 4.74 Å². The minimum Gasteiger partial charge on any atom is -0.399 e.